The van der Waals surface area contributed by atoms with E-state index in [2.05, 4.69) is 37.2 Å². The molecule has 2 aromatic rings. The maximum absolute atomic E-state index is 5.67. The van der Waals surface area contributed by atoms with Crippen molar-refractivity contribution in [3.05, 3.63) is 24.3 Å². The van der Waals surface area contributed by atoms with E-state index in [-0.39, 0.29) is 5.54 Å². The average molecular weight is 246 g/mol. The fourth-order valence-corrected chi connectivity index (χ4v) is 2.37. The van der Waals surface area contributed by atoms with E-state index in [4.69, 9.17) is 10.7 Å². The van der Waals surface area contributed by atoms with Gasteiger partial charge in [-0.05, 0) is 39.8 Å². The molecular formula is C14H22N4. The van der Waals surface area contributed by atoms with Crippen molar-refractivity contribution in [2.24, 2.45) is 5.73 Å². The summed E-state index contributed by atoms with van der Waals surface area (Å²) >= 11 is 0. The molecule has 98 valence electrons. The van der Waals surface area contributed by atoms with E-state index >= 15 is 0 Å². The molecule has 0 saturated heterocycles. The van der Waals surface area contributed by atoms with Crippen LogP contribution in [0.15, 0.2) is 18.5 Å². The third kappa shape index (κ3) is 2.25. The van der Waals surface area contributed by atoms with E-state index in [1.165, 1.54) is 0 Å². The first-order valence-electron chi connectivity index (χ1n) is 6.48. The summed E-state index contributed by atoms with van der Waals surface area (Å²) in [6.45, 7) is 9.48. The van der Waals surface area contributed by atoms with Crippen molar-refractivity contribution >= 4 is 11.0 Å². The smallest absolute Gasteiger partial charge is 0.113 e. The highest BCUT2D eigenvalue weighted by atomic mass is 15.1. The summed E-state index contributed by atoms with van der Waals surface area (Å²) in [7, 11) is 0. The zero-order valence-corrected chi connectivity index (χ0v) is 11.6. The van der Waals surface area contributed by atoms with E-state index in [0.29, 0.717) is 12.5 Å². The van der Waals surface area contributed by atoms with Crippen LogP contribution < -0.4 is 5.73 Å². The van der Waals surface area contributed by atoms with Crippen LogP contribution >= 0.6 is 0 Å². The Labute approximate surface area is 108 Å². The van der Waals surface area contributed by atoms with Gasteiger partial charge < -0.3 is 10.3 Å². The molecule has 2 N–H and O–H groups in total. The largest absolute Gasteiger partial charge is 0.330 e. The Hall–Kier alpha value is -1.42. The lowest BCUT2D eigenvalue weighted by Gasteiger charge is -2.26. The van der Waals surface area contributed by atoms with Crippen molar-refractivity contribution < 1.29 is 0 Å². The van der Waals surface area contributed by atoms with Gasteiger partial charge in [0, 0.05) is 17.7 Å². The molecule has 1 unspecified atom stereocenters. The maximum Gasteiger partial charge on any atom is 0.113 e. The SMILES string of the molecule is CC(CCN)c1nc2cnccc2n1C(C)(C)C. The number of nitrogens with two attached hydrogens (primary N) is 1. The highest BCUT2D eigenvalue weighted by molar-refractivity contribution is 5.75. The molecule has 1 atom stereocenters. The summed E-state index contributed by atoms with van der Waals surface area (Å²) in [6, 6.07) is 2.03. The van der Waals surface area contributed by atoms with Crippen LogP contribution in [-0.4, -0.2) is 21.1 Å². The summed E-state index contributed by atoms with van der Waals surface area (Å²) in [5, 5.41) is 0. The second-order valence-electron chi connectivity index (χ2n) is 5.82. The lowest BCUT2D eigenvalue weighted by molar-refractivity contribution is 0.383. The van der Waals surface area contributed by atoms with Crippen molar-refractivity contribution in [1.82, 2.24) is 14.5 Å². The van der Waals surface area contributed by atoms with E-state index in [9.17, 15) is 0 Å². The lowest BCUT2D eigenvalue weighted by atomic mass is 10.0. The molecule has 4 heteroatoms. The van der Waals surface area contributed by atoms with Gasteiger partial charge in [0.25, 0.3) is 0 Å². The van der Waals surface area contributed by atoms with Crippen molar-refractivity contribution in [1.29, 1.82) is 0 Å². The van der Waals surface area contributed by atoms with Gasteiger partial charge in [0.1, 0.15) is 11.3 Å². The molecule has 0 aliphatic heterocycles. The van der Waals surface area contributed by atoms with Crippen molar-refractivity contribution in [3.8, 4) is 0 Å². The Kier molecular flexibility index (Phi) is 3.39. The first kappa shape index (κ1) is 13.0. The Bertz CT molecular complexity index is 536. The second-order valence-corrected chi connectivity index (χ2v) is 5.82. The Morgan fingerprint density at radius 1 is 1.39 bits per heavy atom. The zero-order chi connectivity index (χ0) is 13.3. The lowest BCUT2D eigenvalue weighted by Crippen LogP contribution is -2.25. The minimum atomic E-state index is 0.00823. The van der Waals surface area contributed by atoms with Crippen LogP contribution in [0.2, 0.25) is 0 Å². The van der Waals surface area contributed by atoms with Crippen LogP contribution in [-0.2, 0) is 5.54 Å². The minimum absolute atomic E-state index is 0.00823. The van der Waals surface area contributed by atoms with Crippen molar-refractivity contribution in [2.75, 3.05) is 6.54 Å². The van der Waals surface area contributed by atoms with Gasteiger partial charge in [-0.3, -0.25) is 4.98 Å². The molecule has 2 aromatic heterocycles. The van der Waals surface area contributed by atoms with E-state index in [0.717, 1.165) is 23.3 Å². The predicted octanol–water partition coefficient (Wildman–Crippen LogP) is 2.64. The molecule has 0 bridgehead atoms. The van der Waals surface area contributed by atoms with Crippen LogP contribution in [0, 0.1) is 0 Å². The molecule has 2 heterocycles. The number of aromatic nitrogens is 3. The first-order valence-corrected chi connectivity index (χ1v) is 6.48. The Morgan fingerprint density at radius 2 is 2.11 bits per heavy atom. The molecular weight excluding hydrogens is 224 g/mol. The third-order valence-corrected chi connectivity index (χ3v) is 3.19. The number of imidazole rings is 1. The Morgan fingerprint density at radius 3 is 2.72 bits per heavy atom. The molecule has 18 heavy (non-hydrogen) atoms. The van der Waals surface area contributed by atoms with Crippen molar-refractivity contribution in [3.63, 3.8) is 0 Å². The topological polar surface area (TPSA) is 56.7 Å². The highest BCUT2D eigenvalue weighted by Crippen LogP contribution is 2.29. The number of nitrogens with zero attached hydrogens (tertiary/aromatic N) is 3. The first-order chi connectivity index (χ1) is 8.45. The normalized spacial score (nSPS) is 14.1. The fraction of sp³-hybridized carbons (Fsp3) is 0.571. The summed E-state index contributed by atoms with van der Waals surface area (Å²) < 4.78 is 2.31. The summed E-state index contributed by atoms with van der Waals surface area (Å²) in [5.74, 6) is 1.47. The molecule has 0 fully saturated rings. The number of rotatable bonds is 3. The van der Waals surface area contributed by atoms with Crippen LogP contribution in [0.5, 0.6) is 0 Å². The maximum atomic E-state index is 5.67. The molecule has 0 aliphatic carbocycles. The third-order valence-electron chi connectivity index (χ3n) is 3.19. The number of hydrogen-bond donors (Lipinski definition) is 1. The van der Waals surface area contributed by atoms with Crippen LogP contribution in [0.25, 0.3) is 11.0 Å². The number of hydrogen-bond acceptors (Lipinski definition) is 3. The van der Waals surface area contributed by atoms with E-state index in [1.54, 1.807) is 0 Å². The molecule has 2 rings (SSSR count). The molecule has 4 nitrogen and oxygen atoms in total. The standard InChI is InChI=1S/C14H22N4/c1-10(5-7-15)13-17-11-9-16-8-6-12(11)18(13)14(2,3)4/h6,8-10H,5,7,15H2,1-4H3. The predicted molar refractivity (Wildman–Crippen MR) is 74.6 cm³/mol. The van der Waals surface area contributed by atoms with Crippen LogP contribution in [0.3, 0.4) is 0 Å². The van der Waals surface area contributed by atoms with Gasteiger partial charge in [0.2, 0.25) is 0 Å². The summed E-state index contributed by atoms with van der Waals surface area (Å²) in [4.78, 5) is 8.90. The quantitative estimate of drug-likeness (QED) is 0.905. The van der Waals surface area contributed by atoms with Gasteiger partial charge in [0.15, 0.2) is 0 Å². The number of fused-ring (bicyclic) bond motifs is 1. The van der Waals surface area contributed by atoms with Gasteiger partial charge in [-0.15, -0.1) is 0 Å². The van der Waals surface area contributed by atoms with Gasteiger partial charge in [0.05, 0.1) is 11.7 Å². The molecule has 0 saturated carbocycles. The van der Waals surface area contributed by atoms with E-state index in [1.807, 2.05) is 18.5 Å². The van der Waals surface area contributed by atoms with Gasteiger partial charge in [-0.25, -0.2) is 4.98 Å². The molecule has 0 radical (unpaired) electrons. The van der Waals surface area contributed by atoms with Gasteiger partial charge in [-0.1, -0.05) is 6.92 Å². The second kappa shape index (κ2) is 4.69. The molecule has 0 spiro atoms. The van der Waals surface area contributed by atoms with Crippen LogP contribution in [0.1, 0.15) is 45.9 Å². The minimum Gasteiger partial charge on any atom is -0.330 e. The summed E-state index contributed by atoms with van der Waals surface area (Å²) in [5.41, 5.74) is 7.79. The number of pyridine rings is 1. The zero-order valence-electron chi connectivity index (χ0n) is 11.6. The average Bonchev–Trinajstić information content (AvgIpc) is 2.68. The van der Waals surface area contributed by atoms with Gasteiger partial charge in [-0.2, -0.15) is 0 Å². The van der Waals surface area contributed by atoms with Gasteiger partial charge >= 0.3 is 0 Å². The fourth-order valence-electron chi connectivity index (χ4n) is 2.37. The molecule has 0 amide bonds. The van der Waals surface area contributed by atoms with Crippen LogP contribution in [0.4, 0.5) is 0 Å². The van der Waals surface area contributed by atoms with Crippen molar-refractivity contribution in [2.45, 2.75) is 45.6 Å². The monoisotopic (exact) mass is 246 g/mol. The molecule has 0 aliphatic rings. The van der Waals surface area contributed by atoms with E-state index < -0.39 is 0 Å². The summed E-state index contributed by atoms with van der Waals surface area (Å²) in [6.07, 6.45) is 4.60. The Balaban J connectivity index is 2.64. The highest BCUT2D eigenvalue weighted by Gasteiger charge is 2.24. The molecule has 0 aromatic carbocycles.